The molecule has 1 heterocycles. The summed E-state index contributed by atoms with van der Waals surface area (Å²) < 4.78 is 1.98. The Hall–Kier alpha value is -1.64. The molecule has 0 radical (unpaired) electrons. The van der Waals surface area contributed by atoms with Crippen molar-refractivity contribution in [2.45, 2.75) is 19.9 Å². The lowest BCUT2D eigenvalue weighted by Crippen LogP contribution is -2.21. The molecule has 0 bridgehead atoms. The second-order valence-electron chi connectivity index (χ2n) is 3.75. The van der Waals surface area contributed by atoms with E-state index in [1.54, 1.807) is 0 Å². The Kier molecular flexibility index (Phi) is 2.08. The van der Waals surface area contributed by atoms with Crippen LogP contribution >= 0.6 is 0 Å². The summed E-state index contributed by atoms with van der Waals surface area (Å²) in [5.41, 5.74) is 11.1. The molecular weight excluding hydrogens is 174 g/mol. The minimum atomic E-state index is 0.394. The number of benzene rings is 1. The number of nitrogen functional groups attached to an aromatic ring is 1. The van der Waals surface area contributed by atoms with Gasteiger partial charge in [-0.25, -0.2) is 0 Å². The molecule has 2 rings (SSSR count). The number of rotatable bonds is 2. The molecule has 1 aromatic heterocycles. The first-order chi connectivity index (χ1) is 6.68. The molecule has 3 N–H and O–H groups in total. The molecule has 0 atom stereocenters. The molecular formula is C11H15N3. The summed E-state index contributed by atoms with van der Waals surface area (Å²) in [6.07, 6.45) is 2.00. The van der Waals surface area contributed by atoms with E-state index in [4.69, 9.17) is 5.73 Å². The average Bonchev–Trinajstić information content (AvgIpc) is 2.49. The highest BCUT2D eigenvalue weighted by molar-refractivity contribution is 5.90. The summed E-state index contributed by atoms with van der Waals surface area (Å²) in [5.74, 6) is 0. The van der Waals surface area contributed by atoms with Gasteiger partial charge in [0.1, 0.15) is 0 Å². The largest absolute Gasteiger partial charge is 0.397 e. The van der Waals surface area contributed by atoms with Gasteiger partial charge in [-0.05, 0) is 26.0 Å². The van der Waals surface area contributed by atoms with Crippen LogP contribution in [0.15, 0.2) is 30.5 Å². The van der Waals surface area contributed by atoms with Crippen molar-refractivity contribution in [3.8, 4) is 0 Å². The summed E-state index contributed by atoms with van der Waals surface area (Å²) in [5, 5.41) is 1.16. The summed E-state index contributed by atoms with van der Waals surface area (Å²) in [6, 6.07) is 8.40. The average molecular weight is 189 g/mol. The van der Waals surface area contributed by atoms with Crippen LogP contribution in [0.2, 0.25) is 0 Å². The molecule has 0 amide bonds. The van der Waals surface area contributed by atoms with E-state index in [0.717, 1.165) is 16.6 Å². The van der Waals surface area contributed by atoms with Gasteiger partial charge in [0.05, 0.1) is 11.2 Å². The molecule has 3 nitrogen and oxygen atoms in total. The Morgan fingerprint density at radius 3 is 2.79 bits per heavy atom. The highest BCUT2D eigenvalue weighted by atomic mass is 15.4. The van der Waals surface area contributed by atoms with Gasteiger partial charge in [0.15, 0.2) is 0 Å². The minimum absolute atomic E-state index is 0.394. The lowest BCUT2D eigenvalue weighted by Gasteiger charge is -2.13. The number of anilines is 1. The van der Waals surface area contributed by atoms with E-state index in [1.165, 1.54) is 0 Å². The number of nitrogens with one attached hydrogen (secondary N) is 1. The van der Waals surface area contributed by atoms with Gasteiger partial charge in [-0.2, -0.15) is 0 Å². The third kappa shape index (κ3) is 1.41. The zero-order chi connectivity index (χ0) is 10.1. The Balaban J connectivity index is 2.55. The predicted molar refractivity (Wildman–Crippen MR) is 60.8 cm³/mol. The van der Waals surface area contributed by atoms with Crippen molar-refractivity contribution in [3.05, 3.63) is 30.5 Å². The number of hydrogen-bond donors (Lipinski definition) is 2. The first-order valence-corrected chi connectivity index (χ1v) is 4.80. The fourth-order valence-electron chi connectivity index (χ4n) is 1.61. The molecule has 0 fully saturated rings. The Morgan fingerprint density at radius 2 is 2.07 bits per heavy atom. The van der Waals surface area contributed by atoms with E-state index < -0.39 is 0 Å². The molecule has 1 aromatic carbocycles. The molecule has 0 saturated carbocycles. The number of nitrogens with two attached hydrogens (primary N) is 1. The summed E-state index contributed by atoms with van der Waals surface area (Å²) in [4.78, 5) is 0. The first-order valence-electron chi connectivity index (χ1n) is 4.80. The first kappa shape index (κ1) is 8.94. The van der Waals surface area contributed by atoms with Crippen LogP contribution in [0.1, 0.15) is 13.8 Å². The summed E-state index contributed by atoms with van der Waals surface area (Å²) >= 11 is 0. The van der Waals surface area contributed by atoms with Gasteiger partial charge in [-0.1, -0.05) is 12.1 Å². The van der Waals surface area contributed by atoms with Crippen LogP contribution in [0.3, 0.4) is 0 Å². The molecule has 0 aliphatic heterocycles. The van der Waals surface area contributed by atoms with Gasteiger partial charge >= 0.3 is 0 Å². The second kappa shape index (κ2) is 3.25. The van der Waals surface area contributed by atoms with Crippen LogP contribution in [-0.2, 0) is 0 Å². The maximum absolute atomic E-state index is 5.92. The fourth-order valence-corrected chi connectivity index (χ4v) is 1.61. The Morgan fingerprint density at radius 1 is 1.29 bits per heavy atom. The quantitative estimate of drug-likeness (QED) is 0.711. The predicted octanol–water partition coefficient (Wildman–Crippen LogP) is 2.18. The fraction of sp³-hybridized carbons (Fsp3) is 0.273. The van der Waals surface area contributed by atoms with Gasteiger partial charge in [0.2, 0.25) is 0 Å². The molecule has 14 heavy (non-hydrogen) atoms. The summed E-state index contributed by atoms with van der Waals surface area (Å²) in [6.45, 7) is 4.20. The van der Waals surface area contributed by atoms with Crippen molar-refractivity contribution in [1.29, 1.82) is 0 Å². The molecule has 3 heteroatoms. The summed E-state index contributed by atoms with van der Waals surface area (Å²) in [7, 11) is 0. The van der Waals surface area contributed by atoms with Crippen LogP contribution in [0.4, 0.5) is 5.69 Å². The third-order valence-corrected chi connectivity index (χ3v) is 2.14. The highest BCUT2D eigenvalue weighted by Crippen LogP contribution is 2.20. The molecule has 0 spiro atoms. The van der Waals surface area contributed by atoms with Crippen molar-refractivity contribution >= 4 is 16.6 Å². The SMILES string of the molecule is CC(C)Nn1ccc2cccc(N)c21. The molecule has 74 valence electrons. The van der Waals surface area contributed by atoms with Gasteiger partial charge in [-0.15, -0.1) is 0 Å². The lowest BCUT2D eigenvalue weighted by atomic mass is 10.2. The van der Waals surface area contributed by atoms with Gasteiger partial charge in [-0.3, -0.25) is 4.68 Å². The lowest BCUT2D eigenvalue weighted by molar-refractivity contribution is 0.756. The van der Waals surface area contributed by atoms with Crippen LogP contribution in [0.25, 0.3) is 10.9 Å². The smallest absolute Gasteiger partial charge is 0.0921 e. The van der Waals surface area contributed by atoms with E-state index in [1.807, 2.05) is 23.0 Å². The van der Waals surface area contributed by atoms with Crippen molar-refractivity contribution in [2.75, 3.05) is 11.2 Å². The zero-order valence-electron chi connectivity index (χ0n) is 8.49. The minimum Gasteiger partial charge on any atom is -0.397 e. The van der Waals surface area contributed by atoms with Gasteiger partial charge < -0.3 is 11.2 Å². The van der Waals surface area contributed by atoms with Crippen LogP contribution in [0.5, 0.6) is 0 Å². The molecule has 0 unspecified atom stereocenters. The monoisotopic (exact) mass is 189 g/mol. The number of para-hydroxylation sites is 1. The van der Waals surface area contributed by atoms with Gasteiger partial charge in [0, 0.05) is 17.6 Å². The number of aromatic nitrogens is 1. The van der Waals surface area contributed by atoms with Crippen molar-refractivity contribution in [1.82, 2.24) is 4.68 Å². The topological polar surface area (TPSA) is 43.0 Å². The highest BCUT2D eigenvalue weighted by Gasteiger charge is 2.03. The van der Waals surface area contributed by atoms with Crippen LogP contribution in [0, 0.1) is 0 Å². The normalized spacial score (nSPS) is 11.1. The number of nitrogens with zero attached hydrogens (tertiary/aromatic N) is 1. The van der Waals surface area contributed by atoms with E-state index in [0.29, 0.717) is 6.04 Å². The van der Waals surface area contributed by atoms with Crippen molar-refractivity contribution in [2.24, 2.45) is 0 Å². The second-order valence-corrected chi connectivity index (χ2v) is 3.75. The molecule has 0 saturated heterocycles. The standard InChI is InChI=1S/C11H15N3/c1-8(2)13-14-7-6-9-4-3-5-10(12)11(9)14/h3-8,13H,12H2,1-2H3. The Labute approximate surface area is 83.5 Å². The van der Waals surface area contributed by atoms with E-state index in [9.17, 15) is 0 Å². The number of hydrogen-bond acceptors (Lipinski definition) is 2. The Bertz CT molecular complexity index is 443. The van der Waals surface area contributed by atoms with Crippen LogP contribution in [-0.4, -0.2) is 10.7 Å². The maximum atomic E-state index is 5.92. The van der Waals surface area contributed by atoms with Crippen molar-refractivity contribution < 1.29 is 0 Å². The van der Waals surface area contributed by atoms with E-state index >= 15 is 0 Å². The van der Waals surface area contributed by atoms with Crippen LogP contribution < -0.4 is 11.2 Å². The van der Waals surface area contributed by atoms with Crippen molar-refractivity contribution in [3.63, 3.8) is 0 Å². The maximum Gasteiger partial charge on any atom is 0.0921 e. The number of fused-ring (bicyclic) bond motifs is 1. The molecule has 0 aliphatic rings. The zero-order valence-corrected chi connectivity index (χ0v) is 8.49. The third-order valence-electron chi connectivity index (χ3n) is 2.14. The molecule has 0 aliphatic carbocycles. The van der Waals surface area contributed by atoms with E-state index in [2.05, 4.69) is 31.4 Å². The molecule has 2 aromatic rings. The van der Waals surface area contributed by atoms with Gasteiger partial charge in [0.25, 0.3) is 0 Å². The van der Waals surface area contributed by atoms with E-state index in [-0.39, 0.29) is 0 Å².